The van der Waals surface area contributed by atoms with E-state index in [1.165, 1.54) is 0 Å². The number of hydrogen-bond acceptors (Lipinski definition) is 7. The second-order valence-electron chi connectivity index (χ2n) is 6.51. The number of thiazole rings is 1. The molecule has 29 heavy (non-hydrogen) atoms. The van der Waals surface area contributed by atoms with Crippen LogP contribution in [0.1, 0.15) is 25.6 Å². The van der Waals surface area contributed by atoms with Gasteiger partial charge in [0, 0.05) is 17.0 Å². The maximum absolute atomic E-state index is 5.52. The van der Waals surface area contributed by atoms with Crippen molar-refractivity contribution in [3.8, 4) is 28.5 Å². The molecule has 3 rings (SSSR count). The van der Waals surface area contributed by atoms with Gasteiger partial charge in [0.25, 0.3) is 0 Å². The molecule has 0 fully saturated rings. The lowest BCUT2D eigenvalue weighted by Crippen LogP contribution is -2.16. The van der Waals surface area contributed by atoms with Crippen LogP contribution in [0, 0.1) is 0 Å². The van der Waals surface area contributed by atoms with Gasteiger partial charge in [-0.3, -0.25) is 4.99 Å². The predicted molar refractivity (Wildman–Crippen MR) is 120 cm³/mol. The van der Waals surface area contributed by atoms with Gasteiger partial charge in [-0.25, -0.2) is 4.68 Å². The Morgan fingerprint density at radius 3 is 2.24 bits per heavy atom. The molecule has 0 aliphatic heterocycles. The number of ether oxygens (including phenoxy) is 3. The summed E-state index contributed by atoms with van der Waals surface area (Å²) in [7, 11) is 4.82. The Labute approximate surface area is 178 Å². The van der Waals surface area contributed by atoms with E-state index in [1.807, 2.05) is 40.6 Å². The van der Waals surface area contributed by atoms with Gasteiger partial charge in [-0.1, -0.05) is 6.07 Å². The number of nitrogens with zero attached hydrogens (tertiary/aromatic N) is 3. The fraction of sp³-hybridized carbons (Fsp3) is 0.333. The Kier molecular flexibility index (Phi) is 6.76. The Balaban J connectivity index is 2.23. The standard InChI is InChI=1S/C21H25N3O3S2/c1-13(2)22-21-24(23-14(3)19-8-7-9-28-19)16(12-29-21)15-10-17(25-4)20(27-6)18(11-15)26-5/h7-13H,1-6H3. The summed E-state index contributed by atoms with van der Waals surface area (Å²) < 4.78 is 18.4. The van der Waals surface area contributed by atoms with E-state index < -0.39 is 0 Å². The van der Waals surface area contributed by atoms with Gasteiger partial charge in [0.05, 0.1) is 37.6 Å². The lowest BCUT2D eigenvalue weighted by molar-refractivity contribution is 0.324. The molecule has 2 heterocycles. The molecule has 0 aliphatic rings. The topological polar surface area (TPSA) is 57.3 Å². The lowest BCUT2D eigenvalue weighted by atomic mass is 10.1. The molecule has 0 amide bonds. The van der Waals surface area contributed by atoms with Crippen molar-refractivity contribution in [2.75, 3.05) is 21.3 Å². The van der Waals surface area contributed by atoms with E-state index in [2.05, 4.69) is 19.9 Å². The summed E-state index contributed by atoms with van der Waals surface area (Å²) in [4.78, 5) is 6.70. The minimum Gasteiger partial charge on any atom is -0.493 e. The smallest absolute Gasteiger partial charge is 0.206 e. The van der Waals surface area contributed by atoms with Crippen molar-refractivity contribution in [2.24, 2.45) is 10.1 Å². The van der Waals surface area contributed by atoms with E-state index in [0.717, 1.165) is 26.6 Å². The van der Waals surface area contributed by atoms with E-state index in [4.69, 9.17) is 24.3 Å². The van der Waals surface area contributed by atoms with Crippen LogP contribution in [0.25, 0.3) is 11.3 Å². The molecular formula is C21H25N3O3S2. The number of aromatic nitrogens is 1. The molecule has 0 saturated carbocycles. The summed E-state index contributed by atoms with van der Waals surface area (Å²) in [5, 5.41) is 8.99. The number of methoxy groups -OCH3 is 3. The Bertz CT molecular complexity index is 1040. The van der Waals surface area contributed by atoms with Crippen LogP contribution in [-0.4, -0.2) is 37.8 Å². The lowest BCUT2D eigenvalue weighted by Gasteiger charge is -2.14. The molecule has 0 bridgehead atoms. The zero-order valence-electron chi connectivity index (χ0n) is 17.4. The van der Waals surface area contributed by atoms with Gasteiger partial charge < -0.3 is 14.2 Å². The van der Waals surface area contributed by atoms with Gasteiger partial charge in [0.1, 0.15) is 0 Å². The number of benzene rings is 1. The van der Waals surface area contributed by atoms with Crippen molar-refractivity contribution in [3.63, 3.8) is 0 Å². The number of rotatable bonds is 7. The summed E-state index contributed by atoms with van der Waals surface area (Å²) in [6.07, 6.45) is 0. The van der Waals surface area contributed by atoms with Crippen LogP contribution in [0.15, 0.2) is 45.1 Å². The molecule has 0 spiro atoms. The van der Waals surface area contributed by atoms with Crippen LogP contribution in [-0.2, 0) is 0 Å². The zero-order valence-corrected chi connectivity index (χ0v) is 19.1. The Morgan fingerprint density at radius 1 is 1.03 bits per heavy atom. The Morgan fingerprint density at radius 2 is 1.72 bits per heavy atom. The minimum absolute atomic E-state index is 0.157. The summed E-state index contributed by atoms with van der Waals surface area (Å²) in [6.45, 7) is 6.12. The second-order valence-corrected chi connectivity index (χ2v) is 8.30. The van der Waals surface area contributed by atoms with Gasteiger partial charge in [0.15, 0.2) is 11.5 Å². The van der Waals surface area contributed by atoms with Crippen molar-refractivity contribution < 1.29 is 14.2 Å². The average molecular weight is 432 g/mol. The molecule has 0 saturated heterocycles. The van der Waals surface area contributed by atoms with E-state index in [1.54, 1.807) is 44.0 Å². The normalized spacial score (nSPS) is 12.5. The molecule has 0 atom stereocenters. The summed E-state index contributed by atoms with van der Waals surface area (Å²) in [5.41, 5.74) is 2.74. The highest BCUT2D eigenvalue weighted by atomic mass is 32.1. The fourth-order valence-corrected chi connectivity index (χ4v) is 4.45. The van der Waals surface area contributed by atoms with Crippen LogP contribution >= 0.6 is 22.7 Å². The van der Waals surface area contributed by atoms with Crippen LogP contribution in [0.5, 0.6) is 17.2 Å². The van der Waals surface area contributed by atoms with Gasteiger partial charge in [-0.05, 0) is 44.4 Å². The maximum Gasteiger partial charge on any atom is 0.206 e. The third-order valence-electron chi connectivity index (χ3n) is 4.14. The second kappa shape index (κ2) is 9.28. The third-order valence-corrected chi connectivity index (χ3v) is 5.95. The van der Waals surface area contributed by atoms with Crippen LogP contribution < -0.4 is 19.0 Å². The van der Waals surface area contributed by atoms with Crippen molar-refractivity contribution in [3.05, 3.63) is 44.7 Å². The predicted octanol–water partition coefficient (Wildman–Crippen LogP) is 4.89. The van der Waals surface area contributed by atoms with Crippen molar-refractivity contribution >= 4 is 28.4 Å². The highest BCUT2D eigenvalue weighted by molar-refractivity contribution is 7.12. The largest absolute Gasteiger partial charge is 0.493 e. The fourth-order valence-electron chi connectivity index (χ4n) is 2.82. The molecule has 6 nitrogen and oxygen atoms in total. The van der Waals surface area contributed by atoms with Gasteiger partial charge in [0.2, 0.25) is 10.6 Å². The third kappa shape index (κ3) is 4.54. The molecule has 8 heteroatoms. The van der Waals surface area contributed by atoms with E-state index in [-0.39, 0.29) is 6.04 Å². The number of thiophene rings is 1. The molecule has 3 aromatic rings. The summed E-state index contributed by atoms with van der Waals surface area (Å²) >= 11 is 3.22. The SMILES string of the molecule is COc1cc(-c2csc(=NC(C)C)n2N=C(C)c2cccs2)cc(OC)c1OC. The first-order valence-corrected chi connectivity index (χ1v) is 10.9. The van der Waals surface area contributed by atoms with E-state index in [9.17, 15) is 0 Å². The van der Waals surface area contributed by atoms with E-state index in [0.29, 0.717) is 17.2 Å². The van der Waals surface area contributed by atoms with Gasteiger partial charge >= 0.3 is 0 Å². The molecule has 154 valence electrons. The molecule has 0 aliphatic carbocycles. The van der Waals surface area contributed by atoms with Crippen molar-refractivity contribution in [2.45, 2.75) is 26.8 Å². The quantitative estimate of drug-likeness (QED) is 0.501. The highest BCUT2D eigenvalue weighted by Gasteiger charge is 2.17. The monoisotopic (exact) mass is 431 g/mol. The summed E-state index contributed by atoms with van der Waals surface area (Å²) in [5.74, 6) is 1.76. The maximum atomic E-state index is 5.52. The van der Waals surface area contributed by atoms with Gasteiger partial charge in [-0.15, -0.1) is 22.7 Å². The van der Waals surface area contributed by atoms with Crippen LogP contribution in [0.3, 0.4) is 0 Å². The van der Waals surface area contributed by atoms with Gasteiger partial charge in [-0.2, -0.15) is 5.10 Å². The first-order valence-electron chi connectivity index (χ1n) is 9.12. The zero-order chi connectivity index (χ0) is 21.0. The molecule has 0 N–H and O–H groups in total. The van der Waals surface area contributed by atoms with Crippen molar-refractivity contribution in [1.29, 1.82) is 0 Å². The molecule has 0 unspecified atom stereocenters. The molecule has 2 aromatic heterocycles. The highest BCUT2D eigenvalue weighted by Crippen LogP contribution is 2.41. The average Bonchev–Trinajstić information content (AvgIpc) is 3.37. The molecule has 1 aromatic carbocycles. The first kappa shape index (κ1) is 21.1. The molecular weight excluding hydrogens is 406 g/mol. The number of hydrogen-bond donors (Lipinski definition) is 0. The van der Waals surface area contributed by atoms with Crippen LogP contribution in [0.4, 0.5) is 0 Å². The summed E-state index contributed by atoms with van der Waals surface area (Å²) in [6, 6.07) is 8.10. The minimum atomic E-state index is 0.157. The Hall–Kier alpha value is -2.58. The van der Waals surface area contributed by atoms with Crippen molar-refractivity contribution in [1.82, 2.24) is 4.68 Å². The first-order chi connectivity index (χ1) is 14.0. The van der Waals surface area contributed by atoms with Crippen LogP contribution in [0.2, 0.25) is 0 Å². The molecule has 0 radical (unpaired) electrons. The van der Waals surface area contributed by atoms with E-state index >= 15 is 0 Å².